The van der Waals surface area contributed by atoms with Gasteiger partial charge in [-0.05, 0) is 73.7 Å². The van der Waals surface area contributed by atoms with Crippen molar-refractivity contribution in [2.45, 2.75) is 46.0 Å². The number of aryl methyl sites for hydroxylation is 1. The van der Waals surface area contributed by atoms with Crippen molar-refractivity contribution in [2.75, 3.05) is 25.0 Å². The molecule has 0 unspecified atom stereocenters. The number of hydrogen-bond donors (Lipinski definition) is 1. The minimum absolute atomic E-state index is 0.166. The molecule has 0 saturated carbocycles. The maximum atomic E-state index is 14.5. The van der Waals surface area contributed by atoms with Gasteiger partial charge in [0, 0.05) is 25.4 Å². The molecule has 1 saturated heterocycles. The number of carbonyl (C=O) groups excluding carboxylic acids is 1. The summed E-state index contributed by atoms with van der Waals surface area (Å²) in [6.45, 7) is 8.86. The van der Waals surface area contributed by atoms with E-state index in [1.54, 1.807) is 18.3 Å². The molecule has 0 bridgehead atoms. The number of rotatable bonds is 9. The summed E-state index contributed by atoms with van der Waals surface area (Å²) in [5, 5.41) is 3.14. The Kier molecular flexibility index (Phi) is 7.93. The highest BCUT2D eigenvalue weighted by Crippen LogP contribution is 2.30. The molecule has 2 aromatic heterocycles. The van der Waals surface area contributed by atoms with Crippen LogP contribution in [0.5, 0.6) is 11.5 Å². The molecule has 1 N–H and O–H groups in total. The number of imidazole rings is 1. The number of piperidine rings is 1. The fourth-order valence-corrected chi connectivity index (χ4v) is 4.95. The second-order valence-corrected chi connectivity index (χ2v) is 10.9. The van der Waals surface area contributed by atoms with Gasteiger partial charge in [-0.1, -0.05) is 26.8 Å². The number of carbonyl (C=O) groups is 1. The van der Waals surface area contributed by atoms with Crippen molar-refractivity contribution < 1.29 is 13.9 Å². The number of nitrogens with zero attached hydrogens (tertiary/aromatic N) is 4. The van der Waals surface area contributed by atoms with Gasteiger partial charge in [0.05, 0.1) is 35.4 Å². The van der Waals surface area contributed by atoms with Crippen molar-refractivity contribution in [3.8, 4) is 11.5 Å². The van der Waals surface area contributed by atoms with Crippen LogP contribution in [0, 0.1) is 11.7 Å². The summed E-state index contributed by atoms with van der Waals surface area (Å²) in [5.74, 6) is 2.63. The highest BCUT2D eigenvalue weighted by atomic mass is 19.1. The van der Waals surface area contributed by atoms with Crippen LogP contribution in [-0.2, 0) is 18.3 Å². The van der Waals surface area contributed by atoms with Gasteiger partial charge in [-0.15, -0.1) is 0 Å². The van der Waals surface area contributed by atoms with Crippen molar-refractivity contribution in [3.63, 3.8) is 0 Å². The third-order valence-corrected chi connectivity index (χ3v) is 7.43. The lowest BCUT2D eigenvalue weighted by Gasteiger charge is -2.29. The van der Waals surface area contributed by atoms with Crippen LogP contribution in [0.4, 0.5) is 16.0 Å². The molecule has 5 rings (SSSR count). The molecule has 0 spiro atoms. The largest absolute Gasteiger partial charge is 0.457 e. The Hall–Kier alpha value is -3.78. The number of likely N-dealkylation sites (tertiary alicyclic amines) is 1. The third-order valence-electron chi connectivity index (χ3n) is 7.43. The number of ketones is 1. The van der Waals surface area contributed by atoms with Gasteiger partial charge in [-0.3, -0.25) is 14.7 Å². The van der Waals surface area contributed by atoms with E-state index in [2.05, 4.69) is 41.0 Å². The molecule has 0 amide bonds. The van der Waals surface area contributed by atoms with E-state index in [4.69, 9.17) is 4.74 Å². The Morgan fingerprint density at radius 3 is 2.64 bits per heavy atom. The molecule has 39 heavy (non-hydrogen) atoms. The van der Waals surface area contributed by atoms with E-state index in [0.717, 1.165) is 48.4 Å². The summed E-state index contributed by atoms with van der Waals surface area (Å²) in [7, 11) is 1.89. The third kappa shape index (κ3) is 6.45. The van der Waals surface area contributed by atoms with Crippen LogP contribution in [0.1, 0.15) is 50.8 Å². The van der Waals surface area contributed by atoms with Crippen LogP contribution in [0.15, 0.2) is 54.7 Å². The van der Waals surface area contributed by atoms with Crippen LogP contribution in [0.3, 0.4) is 0 Å². The van der Waals surface area contributed by atoms with Gasteiger partial charge in [-0.2, -0.15) is 0 Å². The van der Waals surface area contributed by atoms with E-state index in [9.17, 15) is 9.18 Å². The van der Waals surface area contributed by atoms with Crippen LogP contribution in [0.2, 0.25) is 0 Å². The zero-order chi connectivity index (χ0) is 27.5. The highest BCUT2D eigenvalue weighted by molar-refractivity contribution is 5.83. The molecule has 2 aromatic carbocycles. The average Bonchev–Trinajstić information content (AvgIpc) is 3.21. The second-order valence-electron chi connectivity index (χ2n) is 10.9. The SMILES string of the molecule is CC1CCN(CC(=O)Cc2cc(Oc3ccc4c(c3)nc(Nc3cc(C(C)C)ccc3F)n4C)ccn2)CC1. The lowest BCUT2D eigenvalue weighted by Crippen LogP contribution is -2.37. The minimum Gasteiger partial charge on any atom is -0.457 e. The topological polar surface area (TPSA) is 72.3 Å². The van der Waals surface area contributed by atoms with Gasteiger partial charge in [0.1, 0.15) is 17.3 Å². The summed E-state index contributed by atoms with van der Waals surface area (Å²) < 4.78 is 22.5. The molecule has 204 valence electrons. The van der Waals surface area contributed by atoms with Crippen molar-refractivity contribution in [1.29, 1.82) is 0 Å². The molecule has 0 atom stereocenters. The number of benzene rings is 2. The van der Waals surface area contributed by atoms with Gasteiger partial charge < -0.3 is 14.6 Å². The van der Waals surface area contributed by atoms with E-state index >= 15 is 0 Å². The Balaban J connectivity index is 1.27. The predicted molar refractivity (Wildman–Crippen MR) is 152 cm³/mol. The number of aromatic nitrogens is 3. The molecule has 1 aliphatic heterocycles. The van der Waals surface area contributed by atoms with E-state index in [-0.39, 0.29) is 23.9 Å². The smallest absolute Gasteiger partial charge is 0.208 e. The standard InChI is InChI=1S/C31H36FN5O2/c1-20(2)22-5-7-27(32)28(15-22)34-31-35-29-18-25(6-8-30(29)36(31)4)39-26-9-12-33-23(17-26)16-24(38)19-37-13-10-21(3)11-14-37/h5-9,12,15,17-18,20-21H,10-11,13-14,16,19H2,1-4H3,(H,34,35). The van der Waals surface area contributed by atoms with Gasteiger partial charge in [0.25, 0.3) is 0 Å². The van der Waals surface area contributed by atoms with Crippen molar-refractivity contribution >= 4 is 28.5 Å². The molecular formula is C31H36FN5O2. The Morgan fingerprint density at radius 1 is 1.10 bits per heavy atom. The maximum Gasteiger partial charge on any atom is 0.208 e. The first-order chi connectivity index (χ1) is 18.7. The van der Waals surface area contributed by atoms with E-state index in [1.165, 1.54) is 6.07 Å². The lowest BCUT2D eigenvalue weighted by molar-refractivity contribution is -0.119. The first-order valence-electron chi connectivity index (χ1n) is 13.6. The summed E-state index contributed by atoms with van der Waals surface area (Å²) in [6, 6.07) is 14.4. The minimum atomic E-state index is -0.326. The molecule has 0 aliphatic carbocycles. The monoisotopic (exact) mass is 529 g/mol. The Labute approximate surface area is 229 Å². The summed E-state index contributed by atoms with van der Waals surface area (Å²) >= 11 is 0. The quantitative estimate of drug-likeness (QED) is 0.263. The Morgan fingerprint density at radius 2 is 1.87 bits per heavy atom. The van der Waals surface area contributed by atoms with Gasteiger partial charge in [0.2, 0.25) is 5.95 Å². The molecule has 8 heteroatoms. The van der Waals surface area contributed by atoms with Gasteiger partial charge >= 0.3 is 0 Å². The molecule has 1 fully saturated rings. The first-order valence-corrected chi connectivity index (χ1v) is 13.6. The summed E-state index contributed by atoms with van der Waals surface area (Å²) in [5.41, 5.74) is 3.74. The second kappa shape index (κ2) is 11.5. The fraction of sp³-hybridized carbons (Fsp3) is 0.387. The summed E-state index contributed by atoms with van der Waals surface area (Å²) in [4.78, 5) is 24.0. The number of halogens is 1. The number of nitrogens with one attached hydrogen (secondary N) is 1. The van der Waals surface area contributed by atoms with E-state index in [1.807, 2.05) is 41.9 Å². The highest BCUT2D eigenvalue weighted by Gasteiger charge is 2.19. The lowest BCUT2D eigenvalue weighted by atomic mass is 9.99. The summed E-state index contributed by atoms with van der Waals surface area (Å²) in [6.07, 6.45) is 4.25. The number of fused-ring (bicyclic) bond motifs is 1. The zero-order valence-corrected chi connectivity index (χ0v) is 23.1. The molecular weight excluding hydrogens is 493 g/mol. The average molecular weight is 530 g/mol. The molecule has 7 nitrogen and oxygen atoms in total. The van der Waals surface area contributed by atoms with E-state index < -0.39 is 0 Å². The molecule has 3 heterocycles. The maximum absolute atomic E-state index is 14.5. The van der Waals surface area contributed by atoms with Crippen LogP contribution >= 0.6 is 0 Å². The number of Topliss-reactive ketones (excluding diaryl/α,β-unsaturated/α-hetero) is 1. The number of hydrogen-bond acceptors (Lipinski definition) is 6. The number of pyridine rings is 1. The molecule has 0 radical (unpaired) electrons. The van der Waals surface area contributed by atoms with Gasteiger partial charge in [-0.25, -0.2) is 9.37 Å². The fourth-order valence-electron chi connectivity index (χ4n) is 4.95. The van der Waals surface area contributed by atoms with Crippen molar-refractivity contribution in [2.24, 2.45) is 13.0 Å². The van der Waals surface area contributed by atoms with Crippen molar-refractivity contribution in [1.82, 2.24) is 19.4 Å². The van der Waals surface area contributed by atoms with Crippen LogP contribution < -0.4 is 10.1 Å². The van der Waals surface area contributed by atoms with Gasteiger partial charge in [0.15, 0.2) is 5.78 Å². The van der Waals surface area contributed by atoms with Crippen LogP contribution in [-0.4, -0.2) is 44.9 Å². The predicted octanol–water partition coefficient (Wildman–Crippen LogP) is 6.61. The van der Waals surface area contributed by atoms with E-state index in [0.29, 0.717) is 35.4 Å². The van der Waals surface area contributed by atoms with Crippen LogP contribution in [0.25, 0.3) is 11.0 Å². The first kappa shape index (κ1) is 26.8. The number of anilines is 2. The Bertz CT molecular complexity index is 1470. The zero-order valence-electron chi connectivity index (χ0n) is 23.1. The normalized spacial score (nSPS) is 14.7. The van der Waals surface area contributed by atoms with Crippen molar-refractivity contribution in [3.05, 3.63) is 71.8 Å². The number of ether oxygens (including phenoxy) is 1. The molecule has 4 aromatic rings. The molecule has 1 aliphatic rings.